The summed E-state index contributed by atoms with van der Waals surface area (Å²) in [6.07, 6.45) is -0.627. The molecule has 0 aromatic heterocycles. The second kappa shape index (κ2) is 23.3. The highest BCUT2D eigenvalue weighted by molar-refractivity contribution is 5.99. The van der Waals surface area contributed by atoms with E-state index in [-0.39, 0.29) is 39.3 Å². The summed E-state index contributed by atoms with van der Waals surface area (Å²) in [5, 5.41) is 0. The Kier molecular flexibility index (Phi) is 22.2. The maximum absolute atomic E-state index is 11.9. The lowest BCUT2D eigenvalue weighted by molar-refractivity contribution is -0.168. The molecule has 0 amide bonds. The molecule has 0 bridgehead atoms. The fourth-order valence-corrected chi connectivity index (χ4v) is 3.35. The zero-order chi connectivity index (χ0) is 33.5. The number of methoxy groups -OCH3 is 4. The molecule has 0 aliphatic rings. The van der Waals surface area contributed by atoms with E-state index >= 15 is 0 Å². The summed E-state index contributed by atoms with van der Waals surface area (Å²) in [4.78, 5) is 93.5. The Balaban J connectivity index is 0. The second-order valence-corrected chi connectivity index (χ2v) is 8.12. The molecule has 0 N–H and O–H groups in total. The Bertz CT molecular complexity index is 801. The van der Waals surface area contributed by atoms with Crippen LogP contribution < -0.4 is 0 Å². The summed E-state index contributed by atoms with van der Waals surface area (Å²) in [6.45, 7) is 6.53. The number of carbonyl (C=O) groups is 8. The zero-order valence-corrected chi connectivity index (χ0v) is 25.8. The van der Waals surface area contributed by atoms with Gasteiger partial charge in [-0.15, -0.1) is 0 Å². The van der Waals surface area contributed by atoms with Crippen LogP contribution in [0.2, 0.25) is 0 Å². The summed E-state index contributed by atoms with van der Waals surface area (Å²) in [5.41, 5.74) is 0. The van der Waals surface area contributed by atoms with Crippen LogP contribution in [0.25, 0.3) is 0 Å². The number of carbonyl (C=O) groups excluding carboxylic acids is 8. The van der Waals surface area contributed by atoms with Crippen LogP contribution in [0.3, 0.4) is 0 Å². The average Bonchev–Trinajstić information content (AvgIpc) is 2.99. The highest BCUT2D eigenvalue weighted by Crippen LogP contribution is 2.20. The van der Waals surface area contributed by atoms with Gasteiger partial charge in [0, 0.05) is 0 Å². The standard InChI is InChI=1S/C15H24O8.C12H18O8/c1-5-20-12(16)10(13(17)21-6-2)9-11(14(18)22-7-3)15(19)23-8-4;1-17-9(13)7(10(14)18-2)5-6-8(11(15)19-3)12(16)20-4/h10-11H,5-9H2,1-4H3;7-8H,5-6H2,1-4H3. The zero-order valence-electron chi connectivity index (χ0n) is 25.8. The lowest BCUT2D eigenvalue weighted by atomic mass is 9.94. The van der Waals surface area contributed by atoms with Crippen molar-refractivity contribution in [3.63, 3.8) is 0 Å². The van der Waals surface area contributed by atoms with Crippen LogP contribution in [0.5, 0.6) is 0 Å². The van der Waals surface area contributed by atoms with Gasteiger partial charge in [0.25, 0.3) is 0 Å². The summed E-state index contributed by atoms with van der Waals surface area (Å²) in [5.74, 6) is -11.8. The molecule has 0 fully saturated rings. The number of hydrogen-bond donors (Lipinski definition) is 0. The van der Waals surface area contributed by atoms with Crippen molar-refractivity contribution in [3.05, 3.63) is 0 Å². The van der Waals surface area contributed by atoms with E-state index in [0.717, 1.165) is 28.4 Å². The van der Waals surface area contributed by atoms with Crippen molar-refractivity contribution in [2.24, 2.45) is 23.7 Å². The van der Waals surface area contributed by atoms with Crippen LogP contribution in [0, 0.1) is 23.7 Å². The molecule has 16 heteroatoms. The highest BCUT2D eigenvalue weighted by Gasteiger charge is 2.40. The minimum absolute atomic E-state index is 0.0538. The normalized spacial score (nSPS) is 10.2. The van der Waals surface area contributed by atoms with Gasteiger partial charge in [-0.05, 0) is 47.0 Å². The largest absolute Gasteiger partial charge is 0.468 e. The van der Waals surface area contributed by atoms with E-state index in [4.69, 9.17) is 18.9 Å². The molecule has 246 valence electrons. The predicted molar refractivity (Wildman–Crippen MR) is 142 cm³/mol. The molecule has 0 aliphatic heterocycles. The quantitative estimate of drug-likeness (QED) is 0.123. The van der Waals surface area contributed by atoms with Gasteiger partial charge in [-0.25, -0.2) is 0 Å². The average molecular weight is 623 g/mol. The van der Waals surface area contributed by atoms with E-state index in [1.807, 2.05) is 0 Å². The van der Waals surface area contributed by atoms with Gasteiger partial charge in [-0.2, -0.15) is 0 Å². The van der Waals surface area contributed by atoms with Crippen molar-refractivity contribution in [1.29, 1.82) is 0 Å². The Morgan fingerprint density at radius 2 is 0.581 bits per heavy atom. The minimum Gasteiger partial charge on any atom is -0.468 e. The molecular weight excluding hydrogens is 580 g/mol. The molecule has 0 saturated heterocycles. The molecule has 0 aromatic carbocycles. The van der Waals surface area contributed by atoms with Gasteiger partial charge in [0.05, 0.1) is 54.9 Å². The van der Waals surface area contributed by atoms with Crippen LogP contribution in [0.4, 0.5) is 0 Å². The number of rotatable bonds is 17. The van der Waals surface area contributed by atoms with E-state index in [2.05, 4.69) is 18.9 Å². The maximum atomic E-state index is 11.9. The SMILES string of the molecule is CCOC(=O)C(CC(C(=O)OCC)C(=O)OCC)C(=O)OCC.COC(=O)C(CCC(C(=O)OC)C(=O)OC)C(=O)OC. The first-order valence-corrected chi connectivity index (χ1v) is 13.3. The van der Waals surface area contributed by atoms with Crippen LogP contribution in [0.1, 0.15) is 47.0 Å². The van der Waals surface area contributed by atoms with Gasteiger partial charge >= 0.3 is 47.8 Å². The van der Waals surface area contributed by atoms with Gasteiger partial charge in [0.15, 0.2) is 23.7 Å². The van der Waals surface area contributed by atoms with Crippen molar-refractivity contribution < 1.29 is 76.3 Å². The first-order valence-electron chi connectivity index (χ1n) is 13.3. The van der Waals surface area contributed by atoms with Gasteiger partial charge in [0.1, 0.15) is 0 Å². The molecule has 43 heavy (non-hydrogen) atoms. The summed E-state index contributed by atoms with van der Waals surface area (Å²) in [6, 6.07) is 0. The first-order chi connectivity index (χ1) is 20.3. The molecule has 0 aliphatic carbocycles. The highest BCUT2D eigenvalue weighted by atomic mass is 16.6. The van der Waals surface area contributed by atoms with Gasteiger partial charge < -0.3 is 37.9 Å². The van der Waals surface area contributed by atoms with E-state index in [1.165, 1.54) is 0 Å². The molecule has 0 saturated carbocycles. The smallest absolute Gasteiger partial charge is 0.320 e. The Morgan fingerprint density at radius 3 is 0.744 bits per heavy atom. The Hall–Kier alpha value is -4.24. The van der Waals surface area contributed by atoms with E-state index in [1.54, 1.807) is 27.7 Å². The molecule has 16 nitrogen and oxygen atoms in total. The van der Waals surface area contributed by atoms with E-state index in [0.29, 0.717) is 0 Å². The predicted octanol–water partition coefficient (Wildman–Crippen LogP) is 0.552. The molecule has 0 heterocycles. The third-order valence-corrected chi connectivity index (χ3v) is 5.44. The Morgan fingerprint density at radius 1 is 0.372 bits per heavy atom. The van der Waals surface area contributed by atoms with Gasteiger partial charge in [-0.3, -0.25) is 38.4 Å². The van der Waals surface area contributed by atoms with E-state index in [9.17, 15) is 38.4 Å². The van der Waals surface area contributed by atoms with Gasteiger partial charge in [0.2, 0.25) is 0 Å². The topological polar surface area (TPSA) is 210 Å². The third-order valence-electron chi connectivity index (χ3n) is 5.44. The lowest BCUT2D eigenvalue weighted by Gasteiger charge is -2.19. The van der Waals surface area contributed by atoms with Gasteiger partial charge in [-0.1, -0.05) is 0 Å². The van der Waals surface area contributed by atoms with Crippen LogP contribution in [-0.4, -0.2) is 103 Å². The molecule has 0 aromatic rings. The molecular formula is C27H42O16. The number of ether oxygens (including phenoxy) is 8. The molecule has 0 radical (unpaired) electrons. The third kappa shape index (κ3) is 15.0. The van der Waals surface area contributed by atoms with E-state index < -0.39 is 77.8 Å². The van der Waals surface area contributed by atoms with Crippen LogP contribution >= 0.6 is 0 Å². The van der Waals surface area contributed by atoms with Crippen LogP contribution in [0.15, 0.2) is 0 Å². The van der Waals surface area contributed by atoms with Crippen LogP contribution in [-0.2, 0) is 76.3 Å². The molecule has 0 unspecified atom stereocenters. The van der Waals surface area contributed by atoms with Crippen molar-refractivity contribution in [2.75, 3.05) is 54.9 Å². The first kappa shape index (κ1) is 40.9. The van der Waals surface area contributed by atoms with Crippen molar-refractivity contribution in [3.8, 4) is 0 Å². The number of hydrogen-bond acceptors (Lipinski definition) is 16. The summed E-state index contributed by atoms with van der Waals surface area (Å²) in [7, 11) is 4.49. The Labute approximate surface area is 249 Å². The van der Waals surface area contributed by atoms with Crippen molar-refractivity contribution in [1.82, 2.24) is 0 Å². The lowest BCUT2D eigenvalue weighted by Crippen LogP contribution is -2.36. The maximum Gasteiger partial charge on any atom is 0.320 e. The fourth-order valence-electron chi connectivity index (χ4n) is 3.35. The molecule has 0 atom stereocenters. The molecule has 0 spiro atoms. The monoisotopic (exact) mass is 622 g/mol. The summed E-state index contributed by atoms with van der Waals surface area (Å²) < 4.78 is 37.1. The number of esters is 8. The summed E-state index contributed by atoms with van der Waals surface area (Å²) >= 11 is 0. The minimum atomic E-state index is -1.39. The van der Waals surface area contributed by atoms with Crippen molar-refractivity contribution in [2.45, 2.75) is 47.0 Å². The fraction of sp³-hybridized carbons (Fsp3) is 0.704. The second-order valence-electron chi connectivity index (χ2n) is 8.12. The van der Waals surface area contributed by atoms with Crippen molar-refractivity contribution >= 4 is 47.8 Å². The molecule has 0 rings (SSSR count).